The Morgan fingerprint density at radius 3 is 2.17 bits per heavy atom. The molecule has 12 heavy (non-hydrogen) atoms. The van der Waals surface area contributed by atoms with Gasteiger partial charge in [-0.25, -0.2) is 0 Å². The lowest BCUT2D eigenvalue weighted by molar-refractivity contribution is 0.332. The van der Waals surface area contributed by atoms with Crippen LogP contribution >= 0.6 is 0 Å². The van der Waals surface area contributed by atoms with E-state index < -0.39 is 0 Å². The number of hydrogen-bond donors (Lipinski definition) is 0. The Morgan fingerprint density at radius 2 is 1.50 bits per heavy atom. The summed E-state index contributed by atoms with van der Waals surface area (Å²) in [5.74, 6) is 5.71. The lowest BCUT2D eigenvalue weighted by atomic mass is 9.52. The van der Waals surface area contributed by atoms with Gasteiger partial charge in [0, 0.05) is 0 Å². The summed E-state index contributed by atoms with van der Waals surface area (Å²) < 4.78 is 0. The first-order valence-electron chi connectivity index (χ1n) is 5.46. The van der Waals surface area contributed by atoms with Gasteiger partial charge in [-0.2, -0.15) is 0 Å². The Morgan fingerprint density at radius 1 is 0.833 bits per heavy atom. The number of rotatable bonds is 0. The summed E-state index contributed by atoms with van der Waals surface area (Å²) in [6, 6.07) is 0. The zero-order chi connectivity index (χ0) is 8.88. The SMILES string of the molecule is CC1[B]C(C)C2C[C@H]2C(C)C1C. The maximum absolute atomic E-state index is 2.60. The van der Waals surface area contributed by atoms with E-state index in [9.17, 15) is 0 Å². The van der Waals surface area contributed by atoms with Gasteiger partial charge in [0.25, 0.3) is 0 Å². The van der Waals surface area contributed by atoms with Crippen molar-refractivity contribution >= 4 is 7.28 Å². The molecule has 0 aromatic carbocycles. The molecule has 1 aliphatic carbocycles. The number of fused-ring (bicyclic) bond motifs is 1. The highest BCUT2D eigenvalue weighted by Gasteiger charge is 2.49. The Balaban J connectivity index is 2.11. The molecule has 67 valence electrons. The first-order valence-corrected chi connectivity index (χ1v) is 5.46. The van der Waals surface area contributed by atoms with Crippen molar-refractivity contribution in [2.45, 2.75) is 45.8 Å². The number of hydrogen-bond acceptors (Lipinski definition) is 0. The second-order valence-electron chi connectivity index (χ2n) is 5.19. The van der Waals surface area contributed by atoms with Gasteiger partial charge in [0.2, 0.25) is 0 Å². The van der Waals surface area contributed by atoms with Gasteiger partial charge in [0.05, 0.1) is 0 Å². The summed E-state index contributed by atoms with van der Waals surface area (Å²) in [5, 5.41) is 0. The van der Waals surface area contributed by atoms with E-state index in [2.05, 4.69) is 35.0 Å². The summed E-state index contributed by atoms with van der Waals surface area (Å²) in [4.78, 5) is 0. The van der Waals surface area contributed by atoms with Crippen molar-refractivity contribution in [3.05, 3.63) is 0 Å². The predicted molar refractivity (Wildman–Crippen MR) is 54.5 cm³/mol. The van der Waals surface area contributed by atoms with Crippen molar-refractivity contribution in [3.8, 4) is 0 Å². The van der Waals surface area contributed by atoms with Gasteiger partial charge in [-0.05, 0) is 30.1 Å². The molecule has 1 heteroatoms. The summed E-state index contributed by atoms with van der Waals surface area (Å²) in [5.41, 5.74) is 0. The highest BCUT2D eigenvalue weighted by molar-refractivity contribution is 6.39. The van der Waals surface area contributed by atoms with E-state index >= 15 is 0 Å². The third-order valence-electron chi connectivity index (χ3n) is 4.51. The van der Waals surface area contributed by atoms with Gasteiger partial charge < -0.3 is 0 Å². The fraction of sp³-hybridized carbons (Fsp3) is 1.00. The average molecular weight is 163 g/mol. The zero-order valence-electron chi connectivity index (χ0n) is 8.75. The van der Waals surface area contributed by atoms with Crippen molar-refractivity contribution in [1.82, 2.24) is 0 Å². The smallest absolute Gasteiger partial charge is 0.0694 e. The molecule has 0 amide bonds. The summed E-state index contributed by atoms with van der Waals surface area (Å²) >= 11 is 0. The van der Waals surface area contributed by atoms with Crippen LogP contribution < -0.4 is 0 Å². The van der Waals surface area contributed by atoms with Gasteiger partial charge in [0.1, 0.15) is 7.28 Å². The van der Waals surface area contributed by atoms with Gasteiger partial charge >= 0.3 is 0 Å². The highest BCUT2D eigenvalue weighted by Crippen LogP contribution is 2.57. The molecule has 0 aromatic rings. The minimum atomic E-state index is 0.836. The molecule has 0 spiro atoms. The van der Waals surface area contributed by atoms with Crippen LogP contribution in [0, 0.1) is 23.7 Å². The quantitative estimate of drug-likeness (QED) is 0.481. The monoisotopic (exact) mass is 163 g/mol. The third kappa shape index (κ3) is 1.22. The lowest BCUT2D eigenvalue weighted by Crippen LogP contribution is -2.16. The van der Waals surface area contributed by atoms with Crippen LogP contribution in [0.3, 0.4) is 0 Å². The van der Waals surface area contributed by atoms with E-state index in [0.717, 1.165) is 35.3 Å². The van der Waals surface area contributed by atoms with Crippen LogP contribution in [0.15, 0.2) is 0 Å². The minimum Gasteiger partial charge on any atom is -0.0694 e. The molecule has 0 aromatic heterocycles. The molecule has 0 bridgehead atoms. The van der Waals surface area contributed by atoms with E-state index in [4.69, 9.17) is 0 Å². The molecule has 2 fully saturated rings. The second kappa shape index (κ2) is 2.78. The van der Waals surface area contributed by atoms with Crippen LogP contribution in [0.2, 0.25) is 11.6 Å². The van der Waals surface area contributed by atoms with E-state index in [-0.39, 0.29) is 0 Å². The fourth-order valence-corrected chi connectivity index (χ4v) is 3.11. The summed E-state index contributed by atoms with van der Waals surface area (Å²) in [7, 11) is 2.60. The average Bonchev–Trinajstić information content (AvgIpc) is 2.79. The van der Waals surface area contributed by atoms with Crippen molar-refractivity contribution in [2.24, 2.45) is 23.7 Å². The highest BCUT2D eigenvalue weighted by atomic mass is 14.5. The standard InChI is InChI=1S/C11H20B/c1-6-7(2)10-5-11(10)9(4)12-8(6)3/h6-11H,5H2,1-4H3/t6?,7?,8?,9?,10-,11?/m0/s1. The maximum atomic E-state index is 2.60. The largest absolute Gasteiger partial charge is 0.117 e. The Labute approximate surface area is 77.4 Å². The molecule has 6 atom stereocenters. The van der Waals surface area contributed by atoms with Crippen molar-refractivity contribution in [2.75, 3.05) is 0 Å². The predicted octanol–water partition coefficient (Wildman–Crippen LogP) is 3.23. The first-order chi connectivity index (χ1) is 5.61. The van der Waals surface area contributed by atoms with Crippen molar-refractivity contribution in [1.29, 1.82) is 0 Å². The molecule has 0 nitrogen and oxygen atoms in total. The van der Waals surface area contributed by atoms with Crippen LogP contribution in [-0.2, 0) is 0 Å². The molecule has 1 saturated carbocycles. The Bertz CT molecular complexity index is 172. The molecule has 2 rings (SSSR count). The summed E-state index contributed by atoms with van der Waals surface area (Å²) in [6.45, 7) is 9.69. The minimum absolute atomic E-state index is 0.836. The second-order valence-corrected chi connectivity index (χ2v) is 5.19. The van der Waals surface area contributed by atoms with Crippen molar-refractivity contribution < 1.29 is 0 Å². The van der Waals surface area contributed by atoms with E-state index in [1.807, 2.05) is 0 Å². The van der Waals surface area contributed by atoms with E-state index in [0.29, 0.717) is 0 Å². The Hall–Kier alpha value is 0.0649. The summed E-state index contributed by atoms with van der Waals surface area (Å²) in [6.07, 6.45) is 1.51. The fourth-order valence-electron chi connectivity index (χ4n) is 3.11. The molecular weight excluding hydrogens is 143 g/mol. The normalized spacial score (nSPS) is 58.3. The molecule has 5 unspecified atom stereocenters. The molecule has 1 saturated heterocycles. The van der Waals surface area contributed by atoms with Gasteiger partial charge in [-0.3, -0.25) is 0 Å². The van der Waals surface area contributed by atoms with Crippen LogP contribution in [0.25, 0.3) is 0 Å². The topological polar surface area (TPSA) is 0 Å². The zero-order valence-corrected chi connectivity index (χ0v) is 8.75. The molecular formula is C11H20B. The molecule has 1 aliphatic heterocycles. The molecule has 2 aliphatic rings. The van der Waals surface area contributed by atoms with Crippen LogP contribution in [0.4, 0.5) is 0 Å². The van der Waals surface area contributed by atoms with E-state index in [1.54, 1.807) is 0 Å². The van der Waals surface area contributed by atoms with Crippen LogP contribution in [0.5, 0.6) is 0 Å². The molecule has 1 heterocycles. The lowest BCUT2D eigenvalue weighted by Gasteiger charge is -2.24. The van der Waals surface area contributed by atoms with Gasteiger partial charge in [0.15, 0.2) is 0 Å². The maximum Gasteiger partial charge on any atom is 0.117 e. The van der Waals surface area contributed by atoms with Crippen LogP contribution in [0.1, 0.15) is 34.1 Å². The molecule has 1 radical (unpaired) electrons. The van der Waals surface area contributed by atoms with Gasteiger partial charge in [-0.15, -0.1) is 0 Å². The van der Waals surface area contributed by atoms with Gasteiger partial charge in [-0.1, -0.05) is 39.3 Å². The van der Waals surface area contributed by atoms with Crippen LogP contribution in [-0.4, -0.2) is 7.28 Å². The molecule has 0 N–H and O–H groups in total. The first kappa shape index (κ1) is 8.65. The third-order valence-corrected chi connectivity index (χ3v) is 4.51. The van der Waals surface area contributed by atoms with E-state index in [1.165, 1.54) is 6.42 Å². The Kier molecular flexibility index (Phi) is 2.01. The van der Waals surface area contributed by atoms with Crippen molar-refractivity contribution in [3.63, 3.8) is 0 Å².